The van der Waals surface area contributed by atoms with Crippen LogP contribution in [0, 0.1) is 4.77 Å². The first-order valence-electron chi connectivity index (χ1n) is 2.80. The molecule has 64 valence electrons. The number of nitrogens with two attached hydrogens (primary N) is 2. The Hall–Kier alpha value is -1.70. The van der Waals surface area contributed by atoms with Gasteiger partial charge < -0.3 is 11.5 Å². The van der Waals surface area contributed by atoms with Crippen molar-refractivity contribution in [3.63, 3.8) is 0 Å². The zero-order valence-corrected chi connectivity index (χ0v) is 6.61. The van der Waals surface area contributed by atoms with E-state index < -0.39 is 12.1 Å². The third-order valence-electron chi connectivity index (χ3n) is 1.12. The molecule has 2 amide bonds. The molecule has 0 aromatic carbocycles. The topological polar surface area (TPSA) is 109 Å². The monoisotopic (exact) mass is 187 g/mol. The Bertz CT molecular complexity index is 356. The molecule has 0 saturated heterocycles. The molecule has 8 heteroatoms. The highest BCUT2D eigenvalue weighted by atomic mass is 32.1. The van der Waals surface area contributed by atoms with Crippen LogP contribution in [0.15, 0.2) is 6.33 Å². The Morgan fingerprint density at radius 3 is 2.25 bits per heavy atom. The Labute approximate surface area is 71.6 Å². The molecule has 4 N–H and O–H groups in total. The predicted octanol–water partition coefficient (Wildman–Crippen LogP) is -0.732. The number of primary amides is 2. The van der Waals surface area contributed by atoms with Gasteiger partial charge in [0, 0.05) is 0 Å². The average molecular weight is 187 g/mol. The second kappa shape index (κ2) is 2.74. The highest BCUT2D eigenvalue weighted by Crippen LogP contribution is 1.90. The van der Waals surface area contributed by atoms with E-state index in [0.717, 1.165) is 10.9 Å². The van der Waals surface area contributed by atoms with Crippen LogP contribution in [0.25, 0.3) is 0 Å². The van der Waals surface area contributed by atoms with Gasteiger partial charge in [-0.05, 0) is 12.2 Å². The molecular formula is C4H5N5O2S. The van der Waals surface area contributed by atoms with Crippen molar-refractivity contribution in [1.29, 1.82) is 0 Å². The van der Waals surface area contributed by atoms with Gasteiger partial charge in [-0.2, -0.15) is 9.78 Å². The number of hydrogen-bond donors (Lipinski definition) is 2. The summed E-state index contributed by atoms with van der Waals surface area (Å²) in [6.07, 6.45) is 1.02. The third-order valence-corrected chi connectivity index (χ3v) is 1.49. The third kappa shape index (κ3) is 1.19. The van der Waals surface area contributed by atoms with E-state index in [-0.39, 0.29) is 4.77 Å². The lowest BCUT2D eigenvalue weighted by Crippen LogP contribution is -2.23. The Morgan fingerprint density at radius 2 is 2.00 bits per heavy atom. The summed E-state index contributed by atoms with van der Waals surface area (Å²) in [5.41, 5.74) is 9.74. The van der Waals surface area contributed by atoms with Gasteiger partial charge in [-0.1, -0.05) is 0 Å². The summed E-state index contributed by atoms with van der Waals surface area (Å²) in [5.74, 6) is 0. The predicted molar refractivity (Wildman–Crippen MR) is 41.0 cm³/mol. The molecule has 0 unspecified atom stereocenters. The number of carbonyl (C=O) groups is 2. The summed E-state index contributed by atoms with van der Waals surface area (Å²) in [4.78, 5) is 21.1. The molecular weight excluding hydrogens is 182 g/mol. The van der Waals surface area contributed by atoms with Crippen LogP contribution in [0.2, 0.25) is 0 Å². The van der Waals surface area contributed by atoms with Crippen LogP contribution in [-0.4, -0.2) is 26.4 Å². The van der Waals surface area contributed by atoms with Gasteiger partial charge >= 0.3 is 12.1 Å². The van der Waals surface area contributed by atoms with Crippen molar-refractivity contribution in [3.05, 3.63) is 11.1 Å². The lowest BCUT2D eigenvalue weighted by Gasteiger charge is -1.91. The Kier molecular flexibility index (Phi) is 1.92. The summed E-state index contributed by atoms with van der Waals surface area (Å²) >= 11 is 4.64. The van der Waals surface area contributed by atoms with E-state index in [9.17, 15) is 9.59 Å². The zero-order chi connectivity index (χ0) is 9.30. The SMILES string of the molecule is NC(=O)n1cnn(C(N)=O)c1=S. The minimum atomic E-state index is -0.861. The first-order chi connectivity index (χ1) is 5.54. The summed E-state index contributed by atoms with van der Waals surface area (Å²) in [7, 11) is 0. The molecule has 1 aromatic heterocycles. The molecule has 0 radical (unpaired) electrons. The van der Waals surface area contributed by atoms with Gasteiger partial charge in [0.1, 0.15) is 6.33 Å². The van der Waals surface area contributed by atoms with E-state index >= 15 is 0 Å². The number of aromatic nitrogens is 3. The highest BCUT2D eigenvalue weighted by Gasteiger charge is 2.08. The maximum absolute atomic E-state index is 10.6. The number of carbonyl (C=O) groups excluding carboxylic acids is 2. The summed E-state index contributed by atoms with van der Waals surface area (Å²) in [6, 6.07) is -1.67. The van der Waals surface area contributed by atoms with E-state index in [1.165, 1.54) is 0 Å². The Balaban J connectivity index is 3.32. The van der Waals surface area contributed by atoms with E-state index in [1.807, 2.05) is 0 Å². The van der Waals surface area contributed by atoms with Crippen molar-refractivity contribution in [2.24, 2.45) is 11.5 Å². The van der Waals surface area contributed by atoms with Crippen LogP contribution < -0.4 is 11.5 Å². The molecule has 0 aliphatic carbocycles. The molecule has 1 rings (SSSR count). The molecule has 12 heavy (non-hydrogen) atoms. The van der Waals surface area contributed by atoms with Gasteiger partial charge in [-0.3, -0.25) is 0 Å². The van der Waals surface area contributed by atoms with Crippen molar-refractivity contribution < 1.29 is 9.59 Å². The quantitative estimate of drug-likeness (QED) is 0.521. The van der Waals surface area contributed by atoms with Gasteiger partial charge in [0.05, 0.1) is 0 Å². The zero-order valence-electron chi connectivity index (χ0n) is 5.80. The first kappa shape index (κ1) is 8.40. The van der Waals surface area contributed by atoms with Crippen LogP contribution >= 0.6 is 12.2 Å². The number of hydrogen-bond acceptors (Lipinski definition) is 4. The van der Waals surface area contributed by atoms with Crippen molar-refractivity contribution in [2.75, 3.05) is 0 Å². The smallest absolute Gasteiger partial charge is 0.342 e. The minimum absolute atomic E-state index is 0.144. The lowest BCUT2D eigenvalue weighted by molar-refractivity contribution is 0.246. The maximum Gasteiger partial charge on any atom is 0.342 e. The van der Waals surface area contributed by atoms with Gasteiger partial charge in [-0.15, -0.1) is 0 Å². The van der Waals surface area contributed by atoms with E-state index in [2.05, 4.69) is 17.3 Å². The fraction of sp³-hybridized carbons (Fsp3) is 0. The number of rotatable bonds is 0. The van der Waals surface area contributed by atoms with Crippen LogP contribution in [0.1, 0.15) is 0 Å². The van der Waals surface area contributed by atoms with Crippen LogP contribution in [0.5, 0.6) is 0 Å². The fourth-order valence-corrected chi connectivity index (χ4v) is 0.881. The molecule has 0 aliphatic heterocycles. The molecule has 0 atom stereocenters. The normalized spacial score (nSPS) is 9.67. The largest absolute Gasteiger partial charge is 0.351 e. The summed E-state index contributed by atoms with van der Waals surface area (Å²) in [5, 5.41) is 3.44. The number of nitrogens with zero attached hydrogens (tertiary/aromatic N) is 3. The van der Waals surface area contributed by atoms with Crippen molar-refractivity contribution in [1.82, 2.24) is 14.3 Å². The Morgan fingerprint density at radius 1 is 1.42 bits per heavy atom. The molecule has 0 fully saturated rings. The van der Waals surface area contributed by atoms with Gasteiger partial charge in [0.25, 0.3) is 0 Å². The molecule has 0 spiro atoms. The maximum atomic E-state index is 10.6. The van der Waals surface area contributed by atoms with Crippen molar-refractivity contribution in [2.45, 2.75) is 0 Å². The molecule has 0 aliphatic rings. The highest BCUT2D eigenvalue weighted by molar-refractivity contribution is 7.71. The lowest BCUT2D eigenvalue weighted by atomic mass is 10.9. The van der Waals surface area contributed by atoms with Crippen LogP contribution in [0.3, 0.4) is 0 Å². The molecule has 7 nitrogen and oxygen atoms in total. The average Bonchev–Trinajstić information content (AvgIpc) is 2.30. The van der Waals surface area contributed by atoms with Gasteiger partial charge in [0.2, 0.25) is 4.77 Å². The second-order valence-corrected chi connectivity index (χ2v) is 2.24. The standard InChI is InChI=1S/C4H5N5O2S/c5-2(10)8-1-7-9(3(6)11)4(8)12/h1H,(H2,5,10)(H2,6,11). The second-order valence-electron chi connectivity index (χ2n) is 1.87. The fourth-order valence-electron chi connectivity index (χ4n) is 0.606. The minimum Gasteiger partial charge on any atom is -0.351 e. The van der Waals surface area contributed by atoms with E-state index in [1.54, 1.807) is 0 Å². The number of amides is 2. The van der Waals surface area contributed by atoms with Gasteiger partial charge in [0.15, 0.2) is 0 Å². The van der Waals surface area contributed by atoms with Crippen molar-refractivity contribution in [3.8, 4) is 0 Å². The first-order valence-corrected chi connectivity index (χ1v) is 3.21. The van der Waals surface area contributed by atoms with E-state index in [4.69, 9.17) is 11.5 Å². The molecule has 1 aromatic rings. The van der Waals surface area contributed by atoms with Crippen LogP contribution in [0.4, 0.5) is 9.59 Å². The van der Waals surface area contributed by atoms with Crippen LogP contribution in [-0.2, 0) is 0 Å². The molecule has 1 heterocycles. The molecule has 0 bridgehead atoms. The summed E-state index contributed by atoms with van der Waals surface area (Å²) in [6.45, 7) is 0. The molecule has 0 saturated carbocycles. The van der Waals surface area contributed by atoms with E-state index in [0.29, 0.717) is 4.68 Å². The van der Waals surface area contributed by atoms with Gasteiger partial charge in [-0.25, -0.2) is 14.2 Å². The summed E-state index contributed by atoms with van der Waals surface area (Å²) < 4.78 is 1.38. The van der Waals surface area contributed by atoms with Crippen molar-refractivity contribution >= 4 is 24.3 Å².